The molecule has 0 saturated carbocycles. The highest BCUT2D eigenvalue weighted by molar-refractivity contribution is 5.95. The van der Waals surface area contributed by atoms with E-state index in [0.29, 0.717) is 5.56 Å². The predicted molar refractivity (Wildman–Crippen MR) is 89.5 cm³/mol. The molecule has 4 heteroatoms. The van der Waals surface area contributed by atoms with E-state index in [1.807, 2.05) is 32.0 Å². The van der Waals surface area contributed by atoms with Gasteiger partial charge >= 0.3 is 0 Å². The van der Waals surface area contributed by atoms with E-state index in [-0.39, 0.29) is 18.2 Å². The Kier molecular flexibility index (Phi) is 4.94. The van der Waals surface area contributed by atoms with Crippen LogP contribution in [0.3, 0.4) is 0 Å². The molecule has 0 saturated heterocycles. The third kappa shape index (κ3) is 4.19. The summed E-state index contributed by atoms with van der Waals surface area (Å²) in [7, 11) is 0. The molecule has 0 unspecified atom stereocenters. The van der Waals surface area contributed by atoms with Gasteiger partial charge in [-0.3, -0.25) is 9.59 Å². The fourth-order valence-electron chi connectivity index (χ4n) is 2.15. The van der Waals surface area contributed by atoms with Crippen LogP contribution in [-0.4, -0.2) is 18.2 Å². The molecule has 114 valence electrons. The molecule has 0 bridgehead atoms. The molecule has 1 amide bonds. The Balaban J connectivity index is 1.91. The van der Waals surface area contributed by atoms with Crippen LogP contribution in [0.1, 0.15) is 28.4 Å². The Morgan fingerprint density at radius 2 is 1.68 bits per heavy atom. The zero-order chi connectivity index (χ0) is 16.1. The van der Waals surface area contributed by atoms with Gasteiger partial charge < -0.3 is 10.6 Å². The Bertz CT molecular complexity index is 691. The fraction of sp³-hybridized carbons (Fsp3) is 0.222. The number of hydrogen-bond acceptors (Lipinski definition) is 3. The molecule has 0 aromatic heterocycles. The number of ketones is 1. The average molecular weight is 296 g/mol. The molecule has 0 aliphatic rings. The maximum Gasteiger partial charge on any atom is 0.243 e. The van der Waals surface area contributed by atoms with Gasteiger partial charge in [-0.25, -0.2) is 0 Å². The van der Waals surface area contributed by atoms with Crippen molar-refractivity contribution in [3.05, 3.63) is 59.2 Å². The number of carbonyl (C=O) groups excluding carboxylic acids is 2. The van der Waals surface area contributed by atoms with Gasteiger partial charge in [0.1, 0.15) is 0 Å². The summed E-state index contributed by atoms with van der Waals surface area (Å²) in [6.45, 7) is 5.69. The Morgan fingerprint density at radius 3 is 2.27 bits per heavy atom. The number of amides is 1. The van der Waals surface area contributed by atoms with Gasteiger partial charge in [0.2, 0.25) is 5.91 Å². The molecule has 2 aromatic carbocycles. The van der Waals surface area contributed by atoms with Crippen molar-refractivity contribution < 1.29 is 9.59 Å². The molecule has 0 aliphatic carbocycles. The van der Waals surface area contributed by atoms with Crippen LogP contribution in [0, 0.1) is 13.8 Å². The van der Waals surface area contributed by atoms with Crippen molar-refractivity contribution in [3.63, 3.8) is 0 Å². The maximum absolute atomic E-state index is 12.0. The van der Waals surface area contributed by atoms with Crippen LogP contribution in [0.2, 0.25) is 0 Å². The van der Waals surface area contributed by atoms with Gasteiger partial charge in [-0.15, -0.1) is 0 Å². The number of rotatable bonds is 5. The number of benzene rings is 2. The van der Waals surface area contributed by atoms with E-state index >= 15 is 0 Å². The average Bonchev–Trinajstić information content (AvgIpc) is 2.48. The van der Waals surface area contributed by atoms with E-state index in [1.54, 1.807) is 24.3 Å². The highest BCUT2D eigenvalue weighted by Gasteiger charge is 2.05. The first-order chi connectivity index (χ1) is 10.5. The van der Waals surface area contributed by atoms with Crippen LogP contribution in [-0.2, 0) is 4.79 Å². The molecule has 0 heterocycles. The monoisotopic (exact) mass is 296 g/mol. The first kappa shape index (κ1) is 15.8. The highest BCUT2D eigenvalue weighted by atomic mass is 16.2. The van der Waals surface area contributed by atoms with Crippen LogP contribution in [0.5, 0.6) is 0 Å². The van der Waals surface area contributed by atoms with Gasteiger partial charge in [-0.05, 0) is 56.7 Å². The van der Waals surface area contributed by atoms with Crippen molar-refractivity contribution >= 4 is 23.1 Å². The minimum Gasteiger partial charge on any atom is -0.376 e. The van der Waals surface area contributed by atoms with E-state index in [9.17, 15) is 9.59 Å². The highest BCUT2D eigenvalue weighted by Crippen LogP contribution is 2.16. The second-order valence-corrected chi connectivity index (χ2v) is 5.35. The third-order valence-corrected chi connectivity index (χ3v) is 3.40. The van der Waals surface area contributed by atoms with Gasteiger partial charge in [0, 0.05) is 16.9 Å². The Hall–Kier alpha value is -2.62. The molecular formula is C18H20N2O2. The molecule has 0 atom stereocenters. The smallest absolute Gasteiger partial charge is 0.243 e. The first-order valence-corrected chi connectivity index (χ1v) is 7.17. The molecular weight excluding hydrogens is 276 g/mol. The minimum atomic E-state index is -0.109. The zero-order valence-electron chi connectivity index (χ0n) is 13.1. The summed E-state index contributed by atoms with van der Waals surface area (Å²) in [6, 6.07) is 13.0. The summed E-state index contributed by atoms with van der Waals surface area (Å²) < 4.78 is 0. The van der Waals surface area contributed by atoms with Gasteiger partial charge in [0.05, 0.1) is 6.54 Å². The summed E-state index contributed by atoms with van der Waals surface area (Å²) in [5, 5.41) is 5.92. The second-order valence-electron chi connectivity index (χ2n) is 5.35. The molecule has 22 heavy (non-hydrogen) atoms. The van der Waals surface area contributed by atoms with Crippen molar-refractivity contribution in [1.82, 2.24) is 0 Å². The number of aryl methyl sites for hydroxylation is 2. The number of Topliss-reactive ketones (excluding diaryl/α,β-unsaturated/α-hetero) is 1. The molecule has 0 spiro atoms. The van der Waals surface area contributed by atoms with Crippen LogP contribution in [0.15, 0.2) is 42.5 Å². The molecule has 2 rings (SSSR count). The van der Waals surface area contributed by atoms with Gasteiger partial charge in [-0.2, -0.15) is 0 Å². The van der Waals surface area contributed by atoms with E-state index in [0.717, 1.165) is 16.9 Å². The Morgan fingerprint density at radius 1 is 1.00 bits per heavy atom. The molecule has 4 nitrogen and oxygen atoms in total. The van der Waals surface area contributed by atoms with E-state index < -0.39 is 0 Å². The maximum atomic E-state index is 12.0. The number of anilines is 2. The van der Waals surface area contributed by atoms with Crippen molar-refractivity contribution in [2.75, 3.05) is 17.2 Å². The van der Waals surface area contributed by atoms with E-state index in [1.165, 1.54) is 12.5 Å². The molecule has 2 aromatic rings. The van der Waals surface area contributed by atoms with Crippen molar-refractivity contribution in [3.8, 4) is 0 Å². The molecule has 0 fully saturated rings. The normalized spacial score (nSPS) is 10.1. The van der Waals surface area contributed by atoms with Gasteiger partial charge in [-0.1, -0.05) is 17.7 Å². The van der Waals surface area contributed by atoms with Crippen LogP contribution >= 0.6 is 0 Å². The lowest BCUT2D eigenvalue weighted by Gasteiger charge is -2.10. The van der Waals surface area contributed by atoms with Crippen molar-refractivity contribution in [2.45, 2.75) is 20.8 Å². The second kappa shape index (κ2) is 6.89. The van der Waals surface area contributed by atoms with E-state index in [2.05, 4.69) is 10.6 Å². The van der Waals surface area contributed by atoms with Crippen LogP contribution < -0.4 is 10.6 Å². The minimum absolute atomic E-state index is 0.0270. The standard InChI is InChI=1S/C18H20N2O2/c1-12-4-9-17(13(2)10-12)20-18(22)11-19-16-7-5-15(6-8-16)14(3)21/h4-10,19H,11H2,1-3H3,(H,20,22). The zero-order valence-corrected chi connectivity index (χ0v) is 13.1. The largest absolute Gasteiger partial charge is 0.376 e. The third-order valence-electron chi connectivity index (χ3n) is 3.40. The SMILES string of the molecule is CC(=O)c1ccc(NCC(=O)Nc2ccc(C)cc2C)cc1. The Labute approximate surface area is 130 Å². The number of carbonyl (C=O) groups is 2. The first-order valence-electron chi connectivity index (χ1n) is 7.17. The lowest BCUT2D eigenvalue weighted by atomic mass is 10.1. The predicted octanol–water partition coefficient (Wildman–Crippen LogP) is 3.56. The summed E-state index contributed by atoms with van der Waals surface area (Å²) >= 11 is 0. The van der Waals surface area contributed by atoms with Crippen LogP contribution in [0.25, 0.3) is 0 Å². The molecule has 0 aliphatic heterocycles. The van der Waals surface area contributed by atoms with E-state index in [4.69, 9.17) is 0 Å². The summed E-state index contributed by atoms with van der Waals surface area (Å²) in [5.41, 5.74) is 4.49. The fourth-order valence-corrected chi connectivity index (χ4v) is 2.15. The number of nitrogens with one attached hydrogen (secondary N) is 2. The molecule has 2 N–H and O–H groups in total. The van der Waals surface area contributed by atoms with Gasteiger partial charge in [0.15, 0.2) is 5.78 Å². The lowest BCUT2D eigenvalue weighted by Crippen LogP contribution is -2.22. The quantitative estimate of drug-likeness (QED) is 0.829. The topological polar surface area (TPSA) is 58.2 Å². The lowest BCUT2D eigenvalue weighted by molar-refractivity contribution is -0.114. The summed E-state index contributed by atoms with van der Waals surface area (Å²) in [6.07, 6.45) is 0. The van der Waals surface area contributed by atoms with Crippen LogP contribution in [0.4, 0.5) is 11.4 Å². The van der Waals surface area contributed by atoms with Crippen molar-refractivity contribution in [1.29, 1.82) is 0 Å². The van der Waals surface area contributed by atoms with Crippen molar-refractivity contribution in [2.24, 2.45) is 0 Å². The molecule has 0 radical (unpaired) electrons. The van der Waals surface area contributed by atoms with Gasteiger partial charge in [0.25, 0.3) is 0 Å². The summed E-state index contributed by atoms with van der Waals surface area (Å²) in [4.78, 5) is 23.2. The number of hydrogen-bond donors (Lipinski definition) is 2. The summed E-state index contributed by atoms with van der Waals surface area (Å²) in [5.74, 6) is -0.0817.